The Balaban J connectivity index is 1.69. The molecule has 1 unspecified atom stereocenters. The van der Waals surface area contributed by atoms with E-state index in [-0.39, 0.29) is 17.4 Å². The molecule has 1 aliphatic rings. The van der Waals surface area contributed by atoms with E-state index in [2.05, 4.69) is 10.2 Å². The van der Waals surface area contributed by atoms with Crippen LogP contribution in [0.4, 0.5) is 8.78 Å². The van der Waals surface area contributed by atoms with Crippen molar-refractivity contribution in [2.75, 3.05) is 18.6 Å². The van der Waals surface area contributed by atoms with Gasteiger partial charge in [0.15, 0.2) is 15.0 Å². The SMILES string of the molecule is COc1cc(CSc2nnc(C3CCS(=O)(=O)C3)n2C)ccc1SC(F)F. The summed E-state index contributed by atoms with van der Waals surface area (Å²) in [6.07, 6.45) is 0.569. The number of rotatable bonds is 7. The molecular weight excluding hydrogens is 416 g/mol. The van der Waals surface area contributed by atoms with Crippen LogP contribution in [0.15, 0.2) is 28.3 Å². The predicted molar refractivity (Wildman–Crippen MR) is 101 cm³/mol. The zero-order valence-electron chi connectivity index (χ0n) is 14.8. The highest BCUT2D eigenvalue weighted by molar-refractivity contribution is 7.99. The van der Waals surface area contributed by atoms with Crippen molar-refractivity contribution >= 4 is 33.4 Å². The van der Waals surface area contributed by atoms with Crippen molar-refractivity contribution < 1.29 is 21.9 Å². The Bertz CT molecular complexity index is 919. The molecule has 0 bridgehead atoms. The van der Waals surface area contributed by atoms with Crippen molar-refractivity contribution in [1.29, 1.82) is 0 Å². The van der Waals surface area contributed by atoms with Gasteiger partial charge < -0.3 is 9.30 Å². The van der Waals surface area contributed by atoms with Crippen molar-refractivity contribution in [2.45, 2.75) is 33.9 Å². The van der Waals surface area contributed by atoms with Crippen LogP contribution in [0.3, 0.4) is 0 Å². The highest BCUT2D eigenvalue weighted by Crippen LogP contribution is 2.35. The molecule has 1 atom stereocenters. The Kier molecular flexibility index (Phi) is 6.32. The molecule has 0 radical (unpaired) electrons. The summed E-state index contributed by atoms with van der Waals surface area (Å²) in [5.74, 6) is -0.665. The Morgan fingerprint density at radius 2 is 2.15 bits per heavy atom. The van der Waals surface area contributed by atoms with Gasteiger partial charge in [-0.25, -0.2) is 8.42 Å². The third-order valence-electron chi connectivity index (χ3n) is 4.28. The summed E-state index contributed by atoms with van der Waals surface area (Å²) in [6.45, 7) is 0. The van der Waals surface area contributed by atoms with Gasteiger partial charge in [0, 0.05) is 18.7 Å². The van der Waals surface area contributed by atoms with E-state index in [0.717, 1.165) is 5.56 Å². The molecule has 0 spiro atoms. The second-order valence-electron chi connectivity index (χ2n) is 6.15. The van der Waals surface area contributed by atoms with E-state index in [1.54, 1.807) is 18.2 Å². The summed E-state index contributed by atoms with van der Waals surface area (Å²) in [7, 11) is 0.292. The topological polar surface area (TPSA) is 74.1 Å². The Hall–Kier alpha value is -1.33. The van der Waals surface area contributed by atoms with Gasteiger partial charge in [0.25, 0.3) is 5.76 Å². The van der Waals surface area contributed by atoms with Gasteiger partial charge in [0.05, 0.1) is 23.5 Å². The maximum atomic E-state index is 12.6. The summed E-state index contributed by atoms with van der Waals surface area (Å²) in [4.78, 5) is 0.393. The Morgan fingerprint density at radius 3 is 2.78 bits per heavy atom. The van der Waals surface area contributed by atoms with Crippen LogP contribution < -0.4 is 4.74 Å². The molecule has 148 valence electrons. The fraction of sp³-hybridized carbons (Fsp3) is 0.500. The zero-order valence-corrected chi connectivity index (χ0v) is 17.2. The van der Waals surface area contributed by atoms with Gasteiger partial charge >= 0.3 is 0 Å². The van der Waals surface area contributed by atoms with Crippen LogP contribution >= 0.6 is 23.5 Å². The van der Waals surface area contributed by atoms with Crippen molar-refractivity contribution in [1.82, 2.24) is 14.8 Å². The average Bonchev–Trinajstić information content (AvgIpc) is 3.15. The number of alkyl halides is 2. The molecule has 6 nitrogen and oxygen atoms in total. The molecule has 0 aliphatic carbocycles. The lowest BCUT2D eigenvalue weighted by molar-refractivity contribution is 0.251. The van der Waals surface area contributed by atoms with E-state index < -0.39 is 15.6 Å². The minimum Gasteiger partial charge on any atom is -0.496 e. The number of aromatic nitrogens is 3. The maximum Gasteiger partial charge on any atom is 0.289 e. The molecule has 2 aromatic rings. The maximum absolute atomic E-state index is 12.6. The zero-order chi connectivity index (χ0) is 19.6. The van der Waals surface area contributed by atoms with Crippen LogP contribution in [0.25, 0.3) is 0 Å². The molecule has 27 heavy (non-hydrogen) atoms. The van der Waals surface area contributed by atoms with Crippen LogP contribution in [0, 0.1) is 0 Å². The van der Waals surface area contributed by atoms with Crippen LogP contribution in [0.1, 0.15) is 23.7 Å². The average molecular weight is 436 g/mol. The first-order valence-corrected chi connectivity index (χ1v) is 11.8. The first-order valence-electron chi connectivity index (χ1n) is 8.13. The molecule has 0 saturated carbocycles. The number of thioether (sulfide) groups is 2. The van der Waals surface area contributed by atoms with Crippen molar-refractivity contribution in [3.05, 3.63) is 29.6 Å². The van der Waals surface area contributed by atoms with Gasteiger partial charge in [-0.1, -0.05) is 29.6 Å². The largest absolute Gasteiger partial charge is 0.496 e. The minimum absolute atomic E-state index is 0.115. The van der Waals surface area contributed by atoms with Crippen LogP contribution in [-0.4, -0.2) is 47.6 Å². The molecule has 2 heterocycles. The first-order chi connectivity index (χ1) is 12.8. The van der Waals surface area contributed by atoms with E-state index in [1.165, 1.54) is 18.9 Å². The van der Waals surface area contributed by atoms with E-state index >= 15 is 0 Å². The second-order valence-corrected chi connectivity index (χ2v) is 10.4. The summed E-state index contributed by atoms with van der Waals surface area (Å²) < 4.78 is 55.5. The molecular formula is C16H19F2N3O3S3. The molecule has 11 heteroatoms. The fourth-order valence-corrected chi connectivity index (χ4v) is 6.15. The Morgan fingerprint density at radius 1 is 1.37 bits per heavy atom. The van der Waals surface area contributed by atoms with Crippen LogP contribution in [0.2, 0.25) is 0 Å². The lowest BCUT2D eigenvalue weighted by Crippen LogP contribution is -2.09. The number of nitrogens with zero attached hydrogens (tertiary/aromatic N) is 3. The van der Waals surface area contributed by atoms with Gasteiger partial charge in [-0.05, 0) is 24.1 Å². The molecule has 1 fully saturated rings. The molecule has 1 aromatic heterocycles. The highest BCUT2D eigenvalue weighted by Gasteiger charge is 2.32. The van der Waals surface area contributed by atoms with E-state index in [1.807, 2.05) is 11.6 Å². The molecule has 1 aliphatic heterocycles. The molecule has 0 amide bonds. The second kappa shape index (κ2) is 8.36. The molecule has 3 rings (SSSR count). The number of halogens is 2. The number of ether oxygens (including phenoxy) is 1. The van der Waals surface area contributed by atoms with E-state index in [9.17, 15) is 17.2 Å². The van der Waals surface area contributed by atoms with Gasteiger partial charge in [-0.3, -0.25) is 0 Å². The Labute approximate surface area is 165 Å². The number of benzene rings is 1. The summed E-state index contributed by atoms with van der Waals surface area (Å²) in [5, 5.41) is 9.02. The summed E-state index contributed by atoms with van der Waals surface area (Å²) in [5.41, 5.74) is 0.906. The van der Waals surface area contributed by atoms with Gasteiger partial charge in [-0.15, -0.1) is 10.2 Å². The lowest BCUT2D eigenvalue weighted by Gasteiger charge is -2.10. The minimum atomic E-state index is -2.98. The quantitative estimate of drug-likeness (QED) is 0.618. The predicted octanol–water partition coefficient (Wildman–Crippen LogP) is 3.33. The number of methoxy groups -OCH3 is 1. The molecule has 0 N–H and O–H groups in total. The summed E-state index contributed by atoms with van der Waals surface area (Å²) in [6, 6.07) is 5.14. The van der Waals surface area contributed by atoms with E-state index in [4.69, 9.17) is 4.74 Å². The normalized spacial score (nSPS) is 18.9. The van der Waals surface area contributed by atoms with Crippen LogP contribution in [-0.2, 0) is 22.6 Å². The van der Waals surface area contributed by atoms with E-state index in [0.29, 0.717) is 45.6 Å². The molecule has 1 aromatic carbocycles. The third kappa shape index (κ3) is 4.94. The first kappa shape index (κ1) is 20.4. The van der Waals surface area contributed by atoms with Crippen LogP contribution in [0.5, 0.6) is 5.75 Å². The standard InChI is InChI=1S/C16H19F2N3O3S3/c1-21-14(11-5-6-27(22,23)9-11)19-20-16(21)25-8-10-3-4-13(26-15(17)18)12(7-10)24-2/h3-4,7,11,15H,5-6,8-9H2,1-2H3. The molecule has 1 saturated heterocycles. The fourth-order valence-electron chi connectivity index (χ4n) is 2.95. The van der Waals surface area contributed by atoms with Crippen molar-refractivity contribution in [3.63, 3.8) is 0 Å². The number of hydrogen-bond donors (Lipinski definition) is 0. The number of hydrogen-bond acceptors (Lipinski definition) is 7. The van der Waals surface area contributed by atoms with Gasteiger partial charge in [0.2, 0.25) is 0 Å². The lowest BCUT2D eigenvalue weighted by atomic mass is 10.1. The van der Waals surface area contributed by atoms with Crippen molar-refractivity contribution in [2.24, 2.45) is 7.05 Å². The van der Waals surface area contributed by atoms with Gasteiger partial charge in [0.1, 0.15) is 11.6 Å². The van der Waals surface area contributed by atoms with Crippen molar-refractivity contribution in [3.8, 4) is 5.75 Å². The monoisotopic (exact) mass is 435 g/mol. The summed E-state index contributed by atoms with van der Waals surface area (Å²) >= 11 is 1.90. The highest BCUT2D eigenvalue weighted by atomic mass is 32.2. The smallest absolute Gasteiger partial charge is 0.289 e. The van der Waals surface area contributed by atoms with Gasteiger partial charge in [-0.2, -0.15) is 8.78 Å². The number of sulfone groups is 1. The third-order valence-corrected chi connectivity index (χ3v) is 7.91.